The summed E-state index contributed by atoms with van der Waals surface area (Å²) in [5, 5.41) is 1.75. The molecule has 0 aliphatic carbocycles. The molecular weight excluding hydrogens is 345 g/mol. The van der Waals surface area contributed by atoms with E-state index in [1.54, 1.807) is 28.6 Å². The molecule has 1 atom stereocenters. The average molecular weight is 359 g/mol. The molecule has 128 valence electrons. The highest BCUT2D eigenvalue weighted by molar-refractivity contribution is 7.15. The molecule has 6 nitrogen and oxygen atoms in total. The molecule has 1 saturated heterocycles. The molecule has 1 aromatic carbocycles. The number of carbonyl (C=O) groups excluding carboxylic acids is 1. The van der Waals surface area contributed by atoms with Gasteiger partial charge >= 0.3 is 0 Å². The van der Waals surface area contributed by atoms with E-state index < -0.39 is 0 Å². The van der Waals surface area contributed by atoms with Gasteiger partial charge in [0.2, 0.25) is 0 Å². The van der Waals surface area contributed by atoms with Gasteiger partial charge in [-0.15, -0.1) is 11.3 Å². The summed E-state index contributed by atoms with van der Waals surface area (Å²) in [6.07, 6.45) is 2.59. The van der Waals surface area contributed by atoms with Gasteiger partial charge < -0.3 is 9.64 Å². The van der Waals surface area contributed by atoms with E-state index >= 15 is 0 Å². The lowest BCUT2D eigenvalue weighted by atomic mass is 10.1. The van der Waals surface area contributed by atoms with E-state index in [-0.39, 0.29) is 29.0 Å². The van der Waals surface area contributed by atoms with E-state index in [9.17, 15) is 14.0 Å². The summed E-state index contributed by atoms with van der Waals surface area (Å²) in [6, 6.07) is 6.00. The normalized spacial score (nSPS) is 17.8. The Morgan fingerprint density at radius 3 is 2.92 bits per heavy atom. The van der Waals surface area contributed by atoms with Gasteiger partial charge in [0.05, 0.1) is 13.2 Å². The zero-order chi connectivity index (χ0) is 17.4. The van der Waals surface area contributed by atoms with Crippen LogP contribution in [0.25, 0.3) is 4.96 Å². The van der Waals surface area contributed by atoms with Gasteiger partial charge in [-0.25, -0.2) is 9.37 Å². The maximum Gasteiger partial charge on any atom is 0.271 e. The van der Waals surface area contributed by atoms with Gasteiger partial charge in [0.1, 0.15) is 17.5 Å². The number of hydrogen-bond donors (Lipinski definition) is 0. The first-order chi connectivity index (χ1) is 12.1. The zero-order valence-corrected chi connectivity index (χ0v) is 13.9. The summed E-state index contributed by atoms with van der Waals surface area (Å²) in [5.74, 6) is -0.691. The van der Waals surface area contributed by atoms with Crippen molar-refractivity contribution in [1.82, 2.24) is 14.3 Å². The smallest absolute Gasteiger partial charge is 0.271 e. The van der Waals surface area contributed by atoms with Crippen LogP contribution in [-0.4, -0.2) is 39.9 Å². The Hall–Kier alpha value is -2.58. The first kappa shape index (κ1) is 15.9. The molecule has 4 rings (SSSR count). The minimum atomic E-state index is -0.374. The molecule has 25 heavy (non-hydrogen) atoms. The Balaban J connectivity index is 1.59. The molecule has 3 heterocycles. The van der Waals surface area contributed by atoms with E-state index in [4.69, 9.17) is 4.74 Å². The van der Waals surface area contributed by atoms with Gasteiger partial charge in [-0.3, -0.25) is 14.0 Å². The number of carbonyl (C=O) groups is 1. The molecule has 1 aliphatic heterocycles. The standard InChI is InChI=1S/C17H14FN3O3S/c18-12-3-1-11(2-4-12)14-10-20(5-7-24-14)15(22)13-9-19-17-21(16(13)23)6-8-25-17/h1-4,6,8-9,14H,5,7,10H2. The van der Waals surface area contributed by atoms with E-state index in [2.05, 4.69) is 4.98 Å². The van der Waals surface area contributed by atoms with Crippen molar-refractivity contribution in [3.63, 3.8) is 0 Å². The number of thiazole rings is 1. The highest BCUT2D eigenvalue weighted by Gasteiger charge is 2.28. The molecule has 1 fully saturated rings. The number of nitrogens with zero attached hydrogens (tertiary/aromatic N) is 3. The van der Waals surface area contributed by atoms with Crippen molar-refractivity contribution < 1.29 is 13.9 Å². The van der Waals surface area contributed by atoms with Crippen molar-refractivity contribution in [3.8, 4) is 0 Å². The molecule has 1 aliphatic rings. The van der Waals surface area contributed by atoms with Gasteiger partial charge in [0.25, 0.3) is 11.5 Å². The van der Waals surface area contributed by atoms with Crippen LogP contribution < -0.4 is 5.56 Å². The predicted octanol–water partition coefficient (Wildman–Crippen LogP) is 2.11. The fraction of sp³-hybridized carbons (Fsp3) is 0.235. The molecule has 8 heteroatoms. The molecule has 0 radical (unpaired) electrons. The molecule has 1 unspecified atom stereocenters. The second-order valence-corrected chi connectivity index (χ2v) is 6.57. The molecule has 0 N–H and O–H groups in total. The monoisotopic (exact) mass is 359 g/mol. The van der Waals surface area contributed by atoms with Gasteiger partial charge in [-0.1, -0.05) is 12.1 Å². The molecule has 0 saturated carbocycles. The van der Waals surface area contributed by atoms with Crippen LogP contribution in [0.4, 0.5) is 4.39 Å². The number of hydrogen-bond acceptors (Lipinski definition) is 5. The number of morpholine rings is 1. The molecular formula is C17H14FN3O3S. The summed E-state index contributed by atoms with van der Waals surface area (Å²) < 4.78 is 20.1. The van der Waals surface area contributed by atoms with Crippen molar-refractivity contribution in [2.45, 2.75) is 6.10 Å². The largest absolute Gasteiger partial charge is 0.370 e. The van der Waals surface area contributed by atoms with Crippen LogP contribution in [0, 0.1) is 5.82 Å². The maximum absolute atomic E-state index is 13.1. The van der Waals surface area contributed by atoms with Gasteiger partial charge in [0.15, 0.2) is 4.96 Å². The fourth-order valence-corrected chi connectivity index (χ4v) is 3.53. The Bertz CT molecular complexity index is 983. The lowest BCUT2D eigenvalue weighted by molar-refractivity contribution is -0.0229. The summed E-state index contributed by atoms with van der Waals surface area (Å²) in [6.45, 7) is 1.04. The quantitative estimate of drug-likeness (QED) is 0.703. The van der Waals surface area contributed by atoms with Crippen molar-refractivity contribution in [1.29, 1.82) is 0 Å². The van der Waals surface area contributed by atoms with Crippen molar-refractivity contribution in [2.24, 2.45) is 0 Å². The van der Waals surface area contributed by atoms with Gasteiger partial charge in [-0.05, 0) is 17.7 Å². The summed E-state index contributed by atoms with van der Waals surface area (Å²) in [4.78, 5) is 31.5. The molecule has 2 aromatic heterocycles. The second-order valence-electron chi connectivity index (χ2n) is 5.69. The van der Waals surface area contributed by atoms with Crippen LogP contribution >= 0.6 is 11.3 Å². The van der Waals surface area contributed by atoms with E-state index in [1.807, 2.05) is 0 Å². The summed E-state index contributed by atoms with van der Waals surface area (Å²) >= 11 is 1.33. The Labute approximate surface area is 146 Å². The molecule has 0 spiro atoms. The van der Waals surface area contributed by atoms with Crippen LogP contribution in [0.15, 0.2) is 46.8 Å². The first-order valence-electron chi connectivity index (χ1n) is 7.75. The predicted molar refractivity (Wildman–Crippen MR) is 90.3 cm³/mol. The van der Waals surface area contributed by atoms with E-state index in [0.717, 1.165) is 5.56 Å². The Kier molecular flexibility index (Phi) is 4.06. The zero-order valence-electron chi connectivity index (χ0n) is 13.1. The average Bonchev–Trinajstić information content (AvgIpc) is 3.12. The van der Waals surface area contributed by atoms with Crippen molar-refractivity contribution in [3.05, 3.63) is 69.3 Å². The third kappa shape index (κ3) is 2.94. The highest BCUT2D eigenvalue weighted by atomic mass is 32.1. The van der Waals surface area contributed by atoms with Crippen LogP contribution in [0.3, 0.4) is 0 Å². The minimum absolute atomic E-state index is 0.0376. The molecule has 0 bridgehead atoms. The topological polar surface area (TPSA) is 63.9 Å². The Morgan fingerprint density at radius 1 is 1.32 bits per heavy atom. The van der Waals surface area contributed by atoms with Crippen molar-refractivity contribution >= 4 is 22.2 Å². The third-order valence-corrected chi connectivity index (χ3v) is 4.94. The fourth-order valence-electron chi connectivity index (χ4n) is 2.85. The lowest BCUT2D eigenvalue weighted by Gasteiger charge is -2.33. The molecule has 3 aromatic rings. The summed E-state index contributed by atoms with van der Waals surface area (Å²) in [7, 11) is 0. The van der Waals surface area contributed by atoms with E-state index in [0.29, 0.717) is 24.7 Å². The number of aromatic nitrogens is 2. The number of ether oxygens (including phenoxy) is 1. The Morgan fingerprint density at radius 2 is 2.12 bits per heavy atom. The van der Waals surface area contributed by atoms with E-state index in [1.165, 1.54) is 34.1 Å². The minimum Gasteiger partial charge on any atom is -0.370 e. The number of amides is 1. The van der Waals surface area contributed by atoms with Crippen LogP contribution in [-0.2, 0) is 4.74 Å². The number of halogens is 1. The maximum atomic E-state index is 13.1. The van der Waals surface area contributed by atoms with Gasteiger partial charge in [0, 0.05) is 24.3 Å². The molecule has 1 amide bonds. The number of benzene rings is 1. The van der Waals surface area contributed by atoms with Crippen LogP contribution in [0.1, 0.15) is 22.0 Å². The summed E-state index contributed by atoms with van der Waals surface area (Å²) in [5.41, 5.74) is 0.457. The SMILES string of the molecule is O=C(c1cnc2sccn2c1=O)N1CCOC(c2ccc(F)cc2)C1. The van der Waals surface area contributed by atoms with Crippen LogP contribution in [0.5, 0.6) is 0 Å². The number of rotatable bonds is 2. The lowest BCUT2D eigenvalue weighted by Crippen LogP contribution is -2.44. The first-order valence-corrected chi connectivity index (χ1v) is 8.62. The van der Waals surface area contributed by atoms with Crippen molar-refractivity contribution in [2.75, 3.05) is 19.7 Å². The highest BCUT2D eigenvalue weighted by Crippen LogP contribution is 2.23. The third-order valence-electron chi connectivity index (χ3n) is 4.17. The number of fused-ring (bicyclic) bond motifs is 1. The van der Waals surface area contributed by atoms with Crippen LogP contribution in [0.2, 0.25) is 0 Å². The second kappa shape index (κ2) is 6.38. The van der Waals surface area contributed by atoms with Gasteiger partial charge in [-0.2, -0.15) is 0 Å².